The second kappa shape index (κ2) is 5.68. The van der Waals surface area contributed by atoms with Crippen LogP contribution in [0.1, 0.15) is 28.3 Å². The quantitative estimate of drug-likeness (QED) is 0.898. The van der Waals surface area contributed by atoms with Gasteiger partial charge in [0.1, 0.15) is 0 Å². The third kappa shape index (κ3) is 2.82. The van der Waals surface area contributed by atoms with Crippen molar-refractivity contribution in [3.05, 3.63) is 69.2 Å². The molecule has 1 unspecified atom stereocenters. The van der Waals surface area contributed by atoms with Gasteiger partial charge < -0.3 is 5.73 Å². The average molecular weight is 304 g/mol. The summed E-state index contributed by atoms with van der Waals surface area (Å²) in [6.45, 7) is 4.25. The summed E-state index contributed by atoms with van der Waals surface area (Å²) < 4.78 is 1.13. The first kappa shape index (κ1) is 13.3. The summed E-state index contributed by atoms with van der Waals surface area (Å²) in [5, 5.41) is 0. The number of aryl methyl sites for hydroxylation is 2. The van der Waals surface area contributed by atoms with Crippen molar-refractivity contribution < 1.29 is 0 Å². The molecule has 2 aromatic rings. The zero-order chi connectivity index (χ0) is 13.1. The molecule has 0 radical (unpaired) electrons. The molecule has 1 atom stereocenters. The van der Waals surface area contributed by atoms with E-state index in [0.29, 0.717) is 0 Å². The van der Waals surface area contributed by atoms with Gasteiger partial charge in [-0.25, -0.2) is 0 Å². The predicted octanol–water partition coefficient (Wildman–Crippen LogP) is 4.31. The van der Waals surface area contributed by atoms with E-state index in [2.05, 4.69) is 66.2 Å². The summed E-state index contributed by atoms with van der Waals surface area (Å²) in [5.41, 5.74) is 11.5. The molecule has 0 aliphatic heterocycles. The van der Waals surface area contributed by atoms with Gasteiger partial charge in [0.25, 0.3) is 0 Å². The number of hydrogen-bond donors (Lipinski definition) is 1. The Morgan fingerprint density at radius 2 is 1.61 bits per heavy atom. The Kier molecular flexibility index (Phi) is 4.20. The van der Waals surface area contributed by atoms with Crippen LogP contribution >= 0.6 is 15.9 Å². The molecule has 0 heterocycles. The van der Waals surface area contributed by atoms with Crippen molar-refractivity contribution >= 4 is 15.9 Å². The second-order valence-corrected chi connectivity index (χ2v) is 5.56. The molecular formula is C16H18BrN. The summed E-state index contributed by atoms with van der Waals surface area (Å²) in [4.78, 5) is 0. The van der Waals surface area contributed by atoms with E-state index in [1.165, 1.54) is 22.3 Å². The Balaban J connectivity index is 2.28. The summed E-state index contributed by atoms with van der Waals surface area (Å²) >= 11 is 3.58. The van der Waals surface area contributed by atoms with Gasteiger partial charge >= 0.3 is 0 Å². The molecule has 0 aliphatic rings. The van der Waals surface area contributed by atoms with Crippen LogP contribution in [0, 0.1) is 13.8 Å². The van der Waals surface area contributed by atoms with Gasteiger partial charge in [0.05, 0.1) is 0 Å². The highest BCUT2D eigenvalue weighted by molar-refractivity contribution is 9.10. The molecule has 2 N–H and O–H groups in total. The maximum atomic E-state index is 6.38. The Morgan fingerprint density at radius 3 is 2.22 bits per heavy atom. The van der Waals surface area contributed by atoms with Crippen molar-refractivity contribution in [2.24, 2.45) is 5.73 Å². The van der Waals surface area contributed by atoms with Crippen LogP contribution in [0.4, 0.5) is 0 Å². The zero-order valence-corrected chi connectivity index (χ0v) is 12.4. The molecule has 0 amide bonds. The Bertz CT molecular complexity index is 528. The first-order valence-corrected chi connectivity index (χ1v) is 6.94. The van der Waals surface area contributed by atoms with Crippen LogP contribution in [0.25, 0.3) is 0 Å². The van der Waals surface area contributed by atoms with E-state index < -0.39 is 0 Å². The maximum absolute atomic E-state index is 6.38. The minimum Gasteiger partial charge on any atom is -0.324 e. The lowest BCUT2D eigenvalue weighted by molar-refractivity contribution is 0.709. The second-order valence-electron chi connectivity index (χ2n) is 4.71. The van der Waals surface area contributed by atoms with Crippen LogP contribution in [0.5, 0.6) is 0 Å². The van der Waals surface area contributed by atoms with Crippen LogP contribution in [0.2, 0.25) is 0 Å². The first-order valence-electron chi connectivity index (χ1n) is 6.14. The topological polar surface area (TPSA) is 26.0 Å². The third-order valence-corrected chi connectivity index (χ3v) is 4.08. The molecule has 0 spiro atoms. The third-order valence-electron chi connectivity index (χ3n) is 3.31. The van der Waals surface area contributed by atoms with Gasteiger partial charge in [-0.3, -0.25) is 0 Å². The molecule has 2 heteroatoms. The van der Waals surface area contributed by atoms with Crippen molar-refractivity contribution in [1.82, 2.24) is 0 Å². The van der Waals surface area contributed by atoms with Crippen LogP contribution in [0.3, 0.4) is 0 Å². The lowest BCUT2D eigenvalue weighted by atomic mass is 9.92. The van der Waals surface area contributed by atoms with Crippen molar-refractivity contribution in [2.75, 3.05) is 0 Å². The zero-order valence-electron chi connectivity index (χ0n) is 10.8. The van der Waals surface area contributed by atoms with E-state index in [-0.39, 0.29) is 6.04 Å². The van der Waals surface area contributed by atoms with E-state index >= 15 is 0 Å². The van der Waals surface area contributed by atoms with Gasteiger partial charge in [0, 0.05) is 10.5 Å². The van der Waals surface area contributed by atoms with Crippen molar-refractivity contribution in [2.45, 2.75) is 26.3 Å². The van der Waals surface area contributed by atoms with Gasteiger partial charge in [-0.15, -0.1) is 0 Å². The molecule has 0 saturated heterocycles. The van der Waals surface area contributed by atoms with Gasteiger partial charge in [0.2, 0.25) is 0 Å². The number of hydrogen-bond acceptors (Lipinski definition) is 1. The molecule has 18 heavy (non-hydrogen) atoms. The van der Waals surface area contributed by atoms with E-state index in [0.717, 1.165) is 10.9 Å². The van der Waals surface area contributed by atoms with Gasteiger partial charge in [-0.1, -0.05) is 52.3 Å². The maximum Gasteiger partial charge on any atom is 0.0341 e. The van der Waals surface area contributed by atoms with Crippen LogP contribution in [-0.2, 0) is 6.42 Å². The highest BCUT2D eigenvalue weighted by atomic mass is 79.9. The number of nitrogens with two attached hydrogens (primary N) is 1. The van der Waals surface area contributed by atoms with Crippen LogP contribution in [-0.4, -0.2) is 0 Å². The molecule has 94 valence electrons. The van der Waals surface area contributed by atoms with Gasteiger partial charge in [-0.05, 0) is 48.6 Å². The lowest BCUT2D eigenvalue weighted by Gasteiger charge is -2.18. The molecule has 0 fully saturated rings. The van der Waals surface area contributed by atoms with Crippen LogP contribution in [0.15, 0.2) is 46.9 Å². The molecule has 0 bridgehead atoms. The van der Waals surface area contributed by atoms with Gasteiger partial charge in [0.15, 0.2) is 0 Å². The van der Waals surface area contributed by atoms with Crippen molar-refractivity contribution in [3.63, 3.8) is 0 Å². The van der Waals surface area contributed by atoms with E-state index in [1.54, 1.807) is 0 Å². The standard InChI is InChI=1S/C16H18BrN/c1-11-6-5-7-12(2)16(11)15(18)10-13-8-3-4-9-14(13)17/h3-9,15H,10,18H2,1-2H3. The molecule has 0 aliphatic carbocycles. The van der Waals surface area contributed by atoms with E-state index in [9.17, 15) is 0 Å². The summed E-state index contributed by atoms with van der Waals surface area (Å²) in [6, 6.07) is 14.6. The van der Waals surface area contributed by atoms with Gasteiger partial charge in [-0.2, -0.15) is 0 Å². The van der Waals surface area contributed by atoms with Crippen molar-refractivity contribution in [1.29, 1.82) is 0 Å². The number of halogens is 1. The first-order chi connectivity index (χ1) is 8.59. The van der Waals surface area contributed by atoms with Crippen LogP contribution < -0.4 is 5.73 Å². The minimum atomic E-state index is 0.0462. The number of benzene rings is 2. The SMILES string of the molecule is Cc1cccc(C)c1C(N)Cc1ccccc1Br. The average Bonchev–Trinajstić information content (AvgIpc) is 2.32. The lowest BCUT2D eigenvalue weighted by Crippen LogP contribution is -2.16. The molecule has 0 aromatic heterocycles. The highest BCUT2D eigenvalue weighted by Gasteiger charge is 2.13. The predicted molar refractivity (Wildman–Crippen MR) is 80.7 cm³/mol. The summed E-state index contributed by atoms with van der Waals surface area (Å²) in [7, 11) is 0. The molecule has 2 aromatic carbocycles. The smallest absolute Gasteiger partial charge is 0.0341 e. The molecule has 0 saturated carbocycles. The summed E-state index contributed by atoms with van der Waals surface area (Å²) in [5.74, 6) is 0. The largest absolute Gasteiger partial charge is 0.324 e. The molecular weight excluding hydrogens is 286 g/mol. The van der Waals surface area contributed by atoms with E-state index in [4.69, 9.17) is 5.73 Å². The Morgan fingerprint density at radius 1 is 1.00 bits per heavy atom. The molecule has 1 nitrogen and oxygen atoms in total. The fourth-order valence-corrected chi connectivity index (χ4v) is 2.86. The number of rotatable bonds is 3. The monoisotopic (exact) mass is 303 g/mol. The highest BCUT2D eigenvalue weighted by Crippen LogP contribution is 2.26. The minimum absolute atomic E-state index is 0.0462. The van der Waals surface area contributed by atoms with E-state index in [1.807, 2.05) is 6.07 Å². The normalized spacial score (nSPS) is 12.4. The Hall–Kier alpha value is -1.12. The summed E-state index contributed by atoms with van der Waals surface area (Å²) in [6.07, 6.45) is 0.854. The van der Waals surface area contributed by atoms with Crippen molar-refractivity contribution in [3.8, 4) is 0 Å². The molecule has 2 rings (SSSR count). The Labute approximate surface area is 117 Å². The fraction of sp³-hybridized carbons (Fsp3) is 0.250. The fourth-order valence-electron chi connectivity index (χ4n) is 2.42.